The molecule has 0 atom stereocenters. The van der Waals surface area contributed by atoms with Crippen LogP contribution < -0.4 is 15.4 Å². The standard InChI is InChI=1S/C20H21N5O/c1-25(13-14-4-3-5-17(8-14)26-2)20-12-23-19-9-15(16(10-21)11-22)6-7-18(19)24-20/h3-12,21H,13,22H2,1-2H3/b16-11+,21-10?. The fraction of sp³-hybridized carbons (Fsp3) is 0.150. The molecule has 0 amide bonds. The number of hydrogen-bond acceptors (Lipinski definition) is 6. The van der Waals surface area contributed by atoms with Gasteiger partial charge in [0.25, 0.3) is 0 Å². The van der Waals surface area contributed by atoms with E-state index in [4.69, 9.17) is 20.9 Å². The van der Waals surface area contributed by atoms with Crippen molar-refractivity contribution in [3.63, 3.8) is 0 Å². The lowest BCUT2D eigenvalue weighted by Crippen LogP contribution is -2.18. The molecule has 1 aromatic heterocycles. The number of aromatic nitrogens is 2. The van der Waals surface area contributed by atoms with Crippen molar-refractivity contribution in [2.24, 2.45) is 5.73 Å². The number of nitrogens with one attached hydrogen (secondary N) is 1. The number of ether oxygens (including phenoxy) is 1. The van der Waals surface area contributed by atoms with Crippen molar-refractivity contribution in [1.29, 1.82) is 5.41 Å². The fourth-order valence-electron chi connectivity index (χ4n) is 2.72. The van der Waals surface area contributed by atoms with Gasteiger partial charge >= 0.3 is 0 Å². The smallest absolute Gasteiger partial charge is 0.147 e. The molecule has 0 spiro atoms. The van der Waals surface area contributed by atoms with E-state index in [1.165, 1.54) is 12.4 Å². The Hall–Kier alpha value is -3.41. The first-order valence-electron chi connectivity index (χ1n) is 8.18. The van der Waals surface area contributed by atoms with E-state index in [2.05, 4.69) is 11.1 Å². The van der Waals surface area contributed by atoms with Gasteiger partial charge in [-0.15, -0.1) is 0 Å². The maximum absolute atomic E-state index is 7.41. The monoisotopic (exact) mass is 347 g/mol. The van der Waals surface area contributed by atoms with Gasteiger partial charge in [0.05, 0.1) is 24.3 Å². The van der Waals surface area contributed by atoms with E-state index in [1.54, 1.807) is 13.3 Å². The van der Waals surface area contributed by atoms with E-state index in [1.807, 2.05) is 48.3 Å². The molecule has 0 radical (unpaired) electrons. The zero-order valence-corrected chi connectivity index (χ0v) is 14.8. The topological polar surface area (TPSA) is 88.1 Å². The minimum atomic E-state index is 0.646. The highest BCUT2D eigenvalue weighted by atomic mass is 16.5. The van der Waals surface area contributed by atoms with Crippen LogP contribution in [0.15, 0.2) is 54.9 Å². The Morgan fingerprint density at radius 3 is 2.81 bits per heavy atom. The minimum Gasteiger partial charge on any atom is -0.497 e. The second kappa shape index (κ2) is 7.65. The maximum atomic E-state index is 7.41. The van der Waals surface area contributed by atoms with Gasteiger partial charge in [-0.2, -0.15) is 0 Å². The fourth-order valence-corrected chi connectivity index (χ4v) is 2.72. The summed E-state index contributed by atoms with van der Waals surface area (Å²) in [5.41, 5.74) is 9.74. The summed E-state index contributed by atoms with van der Waals surface area (Å²) in [4.78, 5) is 11.2. The van der Waals surface area contributed by atoms with Gasteiger partial charge in [-0.3, -0.25) is 4.98 Å². The van der Waals surface area contributed by atoms with E-state index in [0.717, 1.165) is 33.7 Å². The summed E-state index contributed by atoms with van der Waals surface area (Å²) in [5.74, 6) is 1.62. The molecule has 3 N–H and O–H groups in total. The van der Waals surface area contributed by atoms with Gasteiger partial charge in [0.1, 0.15) is 11.6 Å². The normalized spacial score (nSPS) is 11.4. The Morgan fingerprint density at radius 1 is 1.23 bits per heavy atom. The molecule has 3 aromatic rings. The summed E-state index contributed by atoms with van der Waals surface area (Å²) in [7, 11) is 3.64. The van der Waals surface area contributed by atoms with Crippen molar-refractivity contribution < 1.29 is 4.74 Å². The van der Waals surface area contributed by atoms with Crippen LogP contribution in [0.25, 0.3) is 16.6 Å². The zero-order chi connectivity index (χ0) is 18.5. The van der Waals surface area contributed by atoms with Crippen molar-refractivity contribution in [3.05, 3.63) is 66.0 Å². The van der Waals surface area contributed by atoms with Gasteiger partial charge in [0.15, 0.2) is 0 Å². The number of rotatable bonds is 6. The van der Waals surface area contributed by atoms with Crippen molar-refractivity contribution >= 4 is 28.6 Å². The number of hydrogen-bond donors (Lipinski definition) is 2. The molecule has 1 heterocycles. The van der Waals surface area contributed by atoms with Gasteiger partial charge < -0.3 is 20.8 Å². The second-order valence-corrected chi connectivity index (χ2v) is 5.91. The molecule has 6 nitrogen and oxygen atoms in total. The molecular formula is C20H21N5O. The summed E-state index contributed by atoms with van der Waals surface area (Å²) in [6.45, 7) is 0.698. The van der Waals surface area contributed by atoms with Gasteiger partial charge in [-0.1, -0.05) is 18.2 Å². The van der Waals surface area contributed by atoms with Crippen LogP contribution in [-0.4, -0.2) is 30.3 Å². The zero-order valence-electron chi connectivity index (χ0n) is 14.8. The second-order valence-electron chi connectivity index (χ2n) is 5.91. The molecule has 0 saturated carbocycles. The van der Waals surface area contributed by atoms with E-state index >= 15 is 0 Å². The number of allylic oxidation sites excluding steroid dienone is 1. The van der Waals surface area contributed by atoms with Crippen molar-refractivity contribution in [1.82, 2.24) is 9.97 Å². The molecule has 26 heavy (non-hydrogen) atoms. The Kier molecular flexibility index (Phi) is 5.12. The van der Waals surface area contributed by atoms with E-state index in [0.29, 0.717) is 12.1 Å². The molecule has 2 aromatic carbocycles. The summed E-state index contributed by atoms with van der Waals surface area (Å²) in [5, 5.41) is 7.41. The first-order valence-corrected chi connectivity index (χ1v) is 8.18. The lowest BCUT2D eigenvalue weighted by molar-refractivity contribution is 0.414. The summed E-state index contributed by atoms with van der Waals surface area (Å²) in [6.07, 6.45) is 4.39. The van der Waals surface area contributed by atoms with Crippen LogP contribution >= 0.6 is 0 Å². The summed E-state index contributed by atoms with van der Waals surface area (Å²) in [6, 6.07) is 13.6. The number of methoxy groups -OCH3 is 1. The van der Waals surface area contributed by atoms with Crippen molar-refractivity contribution in [2.75, 3.05) is 19.1 Å². The first kappa shape index (κ1) is 17.4. The Labute approximate surface area is 152 Å². The third kappa shape index (κ3) is 3.64. The maximum Gasteiger partial charge on any atom is 0.147 e. The highest BCUT2D eigenvalue weighted by Gasteiger charge is 2.08. The molecule has 6 heteroatoms. The van der Waals surface area contributed by atoms with E-state index in [-0.39, 0.29) is 0 Å². The van der Waals surface area contributed by atoms with Crippen LogP contribution in [0.4, 0.5) is 5.82 Å². The van der Waals surface area contributed by atoms with Gasteiger partial charge in [-0.25, -0.2) is 4.98 Å². The lowest BCUT2D eigenvalue weighted by atomic mass is 10.1. The molecule has 132 valence electrons. The first-order chi connectivity index (χ1) is 12.6. The van der Waals surface area contributed by atoms with Crippen LogP contribution in [0, 0.1) is 5.41 Å². The molecule has 0 bridgehead atoms. The van der Waals surface area contributed by atoms with Crippen LogP contribution in [0.2, 0.25) is 0 Å². The average Bonchev–Trinajstić information content (AvgIpc) is 2.68. The van der Waals surface area contributed by atoms with Crippen molar-refractivity contribution in [3.8, 4) is 5.75 Å². The Balaban J connectivity index is 1.86. The molecule has 0 aliphatic carbocycles. The summed E-state index contributed by atoms with van der Waals surface area (Å²) < 4.78 is 5.27. The van der Waals surface area contributed by atoms with Gasteiger partial charge in [0, 0.05) is 31.6 Å². The molecule has 0 saturated heterocycles. The van der Waals surface area contributed by atoms with Crippen LogP contribution in [-0.2, 0) is 6.54 Å². The van der Waals surface area contributed by atoms with E-state index in [9.17, 15) is 0 Å². The molecular weight excluding hydrogens is 326 g/mol. The molecule has 0 unspecified atom stereocenters. The predicted molar refractivity (Wildman–Crippen MR) is 106 cm³/mol. The molecule has 3 rings (SSSR count). The predicted octanol–water partition coefficient (Wildman–Crippen LogP) is 3.22. The number of nitrogens with two attached hydrogens (primary N) is 1. The van der Waals surface area contributed by atoms with E-state index < -0.39 is 0 Å². The Bertz CT molecular complexity index is 967. The number of anilines is 1. The van der Waals surface area contributed by atoms with Crippen LogP contribution in [0.3, 0.4) is 0 Å². The third-order valence-electron chi connectivity index (χ3n) is 4.14. The van der Waals surface area contributed by atoms with Crippen LogP contribution in [0.1, 0.15) is 11.1 Å². The van der Waals surface area contributed by atoms with Gasteiger partial charge in [-0.05, 0) is 35.4 Å². The Morgan fingerprint density at radius 2 is 2.08 bits per heavy atom. The quantitative estimate of drug-likeness (QED) is 0.668. The average molecular weight is 347 g/mol. The number of benzene rings is 2. The molecule has 0 aliphatic rings. The largest absolute Gasteiger partial charge is 0.497 e. The SMILES string of the molecule is COc1cccc(CN(C)c2cnc3cc(/C(C=N)=C/N)ccc3n2)c1. The minimum absolute atomic E-state index is 0.646. The van der Waals surface area contributed by atoms with Crippen LogP contribution in [0.5, 0.6) is 5.75 Å². The third-order valence-corrected chi connectivity index (χ3v) is 4.14. The molecule has 0 fully saturated rings. The highest BCUT2D eigenvalue weighted by molar-refractivity contribution is 6.08. The molecule has 0 aliphatic heterocycles. The summed E-state index contributed by atoms with van der Waals surface area (Å²) >= 11 is 0. The lowest BCUT2D eigenvalue weighted by Gasteiger charge is -2.18. The highest BCUT2D eigenvalue weighted by Crippen LogP contribution is 2.21. The van der Waals surface area contributed by atoms with Crippen molar-refractivity contribution in [2.45, 2.75) is 6.54 Å². The van der Waals surface area contributed by atoms with Gasteiger partial charge in [0.2, 0.25) is 0 Å². The number of fused-ring (bicyclic) bond motifs is 1. The number of nitrogens with zero attached hydrogens (tertiary/aromatic N) is 3.